The summed E-state index contributed by atoms with van der Waals surface area (Å²) >= 11 is 0. The molecule has 6 nitrogen and oxygen atoms in total. The Balaban J connectivity index is 1.42. The van der Waals surface area contributed by atoms with Crippen LogP contribution in [0.4, 0.5) is 0 Å². The first-order valence-electron chi connectivity index (χ1n) is 9.65. The number of nitrogens with one attached hydrogen (secondary N) is 3. The molecule has 2 fully saturated rings. The van der Waals surface area contributed by atoms with Crippen molar-refractivity contribution in [2.45, 2.75) is 37.8 Å². The summed E-state index contributed by atoms with van der Waals surface area (Å²) in [4.78, 5) is 15.2. The smallest absolute Gasteiger partial charge is 0.276 e. The topological polar surface area (TPSA) is 71.0 Å². The molecule has 1 aliphatic heterocycles. The molecule has 0 atom stereocenters. The Morgan fingerprint density at radius 3 is 2.35 bits per heavy atom. The maximum absolute atomic E-state index is 12.4. The molecule has 1 heterocycles. The van der Waals surface area contributed by atoms with Gasteiger partial charge in [0.1, 0.15) is 44.0 Å². The van der Waals surface area contributed by atoms with E-state index in [1.807, 2.05) is 12.1 Å². The number of carbonyl (C=O) groups is 1. The Morgan fingerprint density at radius 1 is 1.15 bits per heavy atom. The molecular weight excluding hydrogens is 328 g/mol. The number of nitriles is 1. The van der Waals surface area contributed by atoms with E-state index in [2.05, 4.69) is 23.5 Å². The van der Waals surface area contributed by atoms with Gasteiger partial charge in [0.2, 0.25) is 0 Å². The van der Waals surface area contributed by atoms with Gasteiger partial charge in [0.05, 0.1) is 13.2 Å². The van der Waals surface area contributed by atoms with Gasteiger partial charge in [0, 0.05) is 5.56 Å². The van der Waals surface area contributed by atoms with Gasteiger partial charge in [-0.2, -0.15) is 5.26 Å². The zero-order valence-corrected chi connectivity index (χ0v) is 15.6. The van der Waals surface area contributed by atoms with E-state index in [4.69, 9.17) is 4.74 Å². The zero-order chi connectivity index (χ0) is 18.4. The first kappa shape index (κ1) is 18.7. The summed E-state index contributed by atoms with van der Waals surface area (Å²) in [7, 11) is 1.68. The summed E-state index contributed by atoms with van der Waals surface area (Å²) in [6.45, 7) is 5.63. The number of ether oxygens (including phenoxy) is 1. The fourth-order valence-corrected chi connectivity index (χ4v) is 4.12. The Hall–Kier alpha value is -2.10. The predicted molar refractivity (Wildman–Crippen MR) is 97.9 cm³/mol. The first-order valence-corrected chi connectivity index (χ1v) is 9.65. The van der Waals surface area contributed by atoms with Crippen molar-refractivity contribution in [3.8, 4) is 11.8 Å². The number of piperazine rings is 1. The van der Waals surface area contributed by atoms with Crippen molar-refractivity contribution in [1.82, 2.24) is 5.32 Å². The minimum absolute atomic E-state index is 0.0297. The standard InChI is InChI=1S/C20H28N4O2/c1-26-18-6-4-17(5-7-18)14-23-10-12-24(13-11-23)15-19(25)22-20(16-21)8-2-3-9-20/h4-7H,2-3,8-15H2,1H3,(H,22,25)/p+2. The molecule has 3 N–H and O–H groups in total. The van der Waals surface area contributed by atoms with Crippen LogP contribution in [0.1, 0.15) is 31.2 Å². The van der Waals surface area contributed by atoms with Gasteiger partial charge in [-0.1, -0.05) is 0 Å². The minimum Gasteiger partial charge on any atom is -0.497 e. The molecule has 1 saturated carbocycles. The molecule has 1 aromatic rings. The number of hydrogen-bond acceptors (Lipinski definition) is 3. The molecule has 6 heteroatoms. The van der Waals surface area contributed by atoms with Crippen molar-refractivity contribution in [2.24, 2.45) is 0 Å². The Labute approximate surface area is 155 Å². The zero-order valence-electron chi connectivity index (χ0n) is 15.6. The second kappa shape index (κ2) is 8.52. The maximum atomic E-state index is 12.4. The number of quaternary nitrogens is 2. The number of methoxy groups -OCH3 is 1. The Kier molecular flexibility index (Phi) is 6.12. The lowest BCUT2D eigenvalue weighted by Gasteiger charge is -2.30. The Morgan fingerprint density at radius 2 is 1.77 bits per heavy atom. The van der Waals surface area contributed by atoms with E-state index in [1.54, 1.807) is 12.0 Å². The molecule has 1 saturated heterocycles. The summed E-state index contributed by atoms with van der Waals surface area (Å²) in [5.41, 5.74) is 0.719. The van der Waals surface area contributed by atoms with Gasteiger partial charge in [0.25, 0.3) is 5.91 Å². The van der Waals surface area contributed by atoms with Crippen molar-refractivity contribution in [3.05, 3.63) is 29.8 Å². The van der Waals surface area contributed by atoms with Crippen LogP contribution >= 0.6 is 0 Å². The monoisotopic (exact) mass is 358 g/mol. The minimum atomic E-state index is -0.599. The number of benzene rings is 1. The molecule has 26 heavy (non-hydrogen) atoms. The van der Waals surface area contributed by atoms with E-state index in [0.717, 1.165) is 64.2 Å². The lowest BCUT2D eigenvalue weighted by molar-refractivity contribution is -1.02. The molecule has 1 amide bonds. The van der Waals surface area contributed by atoms with Crippen molar-refractivity contribution >= 4 is 5.91 Å². The third-order valence-corrected chi connectivity index (χ3v) is 5.74. The molecule has 2 aliphatic rings. The van der Waals surface area contributed by atoms with Crippen molar-refractivity contribution in [2.75, 3.05) is 39.8 Å². The van der Waals surface area contributed by atoms with E-state index in [1.165, 1.54) is 10.5 Å². The normalized spacial score (nSPS) is 24.6. The number of hydrogen-bond donors (Lipinski definition) is 3. The first-order chi connectivity index (χ1) is 12.6. The highest BCUT2D eigenvalue weighted by atomic mass is 16.5. The van der Waals surface area contributed by atoms with Crippen LogP contribution in [0.15, 0.2) is 24.3 Å². The molecule has 0 radical (unpaired) electrons. The second-order valence-corrected chi connectivity index (χ2v) is 7.65. The van der Waals surface area contributed by atoms with Crippen molar-refractivity contribution in [3.63, 3.8) is 0 Å². The average molecular weight is 358 g/mol. The predicted octanol–water partition coefficient (Wildman–Crippen LogP) is -1.07. The molecule has 0 aromatic heterocycles. The molecule has 1 aromatic carbocycles. The number of carbonyl (C=O) groups excluding carboxylic acids is 1. The van der Waals surface area contributed by atoms with Crippen LogP contribution in [0.25, 0.3) is 0 Å². The summed E-state index contributed by atoms with van der Waals surface area (Å²) in [6, 6.07) is 10.6. The summed E-state index contributed by atoms with van der Waals surface area (Å²) < 4.78 is 5.20. The van der Waals surface area contributed by atoms with Crippen LogP contribution in [-0.2, 0) is 11.3 Å². The molecule has 1 aliphatic carbocycles. The van der Waals surface area contributed by atoms with Gasteiger partial charge >= 0.3 is 0 Å². The summed E-state index contributed by atoms with van der Waals surface area (Å²) in [5, 5.41) is 12.4. The highest BCUT2D eigenvalue weighted by Gasteiger charge is 2.36. The molecule has 140 valence electrons. The third kappa shape index (κ3) is 4.75. The third-order valence-electron chi connectivity index (χ3n) is 5.74. The largest absolute Gasteiger partial charge is 0.497 e. The van der Waals surface area contributed by atoms with Gasteiger partial charge in [-0.15, -0.1) is 0 Å². The van der Waals surface area contributed by atoms with Crippen molar-refractivity contribution in [1.29, 1.82) is 5.26 Å². The summed E-state index contributed by atoms with van der Waals surface area (Å²) in [6.07, 6.45) is 3.66. The van der Waals surface area contributed by atoms with E-state index >= 15 is 0 Å². The van der Waals surface area contributed by atoms with Gasteiger partial charge in [-0.25, -0.2) is 0 Å². The number of nitrogens with zero attached hydrogens (tertiary/aromatic N) is 1. The summed E-state index contributed by atoms with van der Waals surface area (Å²) in [5.74, 6) is 0.920. The second-order valence-electron chi connectivity index (χ2n) is 7.65. The van der Waals surface area contributed by atoms with E-state index in [9.17, 15) is 10.1 Å². The quantitative estimate of drug-likeness (QED) is 0.607. The van der Waals surface area contributed by atoms with E-state index in [-0.39, 0.29) is 5.91 Å². The highest BCUT2D eigenvalue weighted by Crippen LogP contribution is 2.28. The molecule has 3 rings (SSSR count). The molecule has 0 unspecified atom stereocenters. The average Bonchev–Trinajstić information content (AvgIpc) is 3.13. The van der Waals surface area contributed by atoms with Gasteiger partial charge in [-0.05, 0) is 49.9 Å². The number of amides is 1. The van der Waals surface area contributed by atoms with Crippen LogP contribution in [-0.4, -0.2) is 51.3 Å². The van der Waals surface area contributed by atoms with Crippen LogP contribution in [0.5, 0.6) is 5.75 Å². The lowest BCUT2D eigenvalue weighted by atomic mass is 10.00. The van der Waals surface area contributed by atoms with Crippen LogP contribution in [0, 0.1) is 11.3 Å². The van der Waals surface area contributed by atoms with Crippen molar-refractivity contribution < 1.29 is 19.3 Å². The highest BCUT2D eigenvalue weighted by molar-refractivity contribution is 5.78. The van der Waals surface area contributed by atoms with E-state index in [0.29, 0.717) is 6.54 Å². The van der Waals surface area contributed by atoms with Crippen LogP contribution < -0.4 is 19.9 Å². The lowest BCUT2D eigenvalue weighted by Crippen LogP contribution is -3.28. The Bertz CT molecular complexity index is 639. The van der Waals surface area contributed by atoms with Gasteiger partial charge in [0.15, 0.2) is 6.54 Å². The molecule has 0 bridgehead atoms. The van der Waals surface area contributed by atoms with Crippen LogP contribution in [0.3, 0.4) is 0 Å². The molecular formula is C20H30N4O2+2. The van der Waals surface area contributed by atoms with Gasteiger partial charge < -0.3 is 19.9 Å². The molecule has 0 spiro atoms. The number of rotatable bonds is 6. The fraction of sp³-hybridized carbons (Fsp3) is 0.600. The van der Waals surface area contributed by atoms with E-state index < -0.39 is 5.54 Å². The van der Waals surface area contributed by atoms with Crippen LogP contribution in [0.2, 0.25) is 0 Å². The fourth-order valence-electron chi connectivity index (χ4n) is 4.12. The van der Waals surface area contributed by atoms with Gasteiger partial charge in [-0.3, -0.25) is 4.79 Å². The SMILES string of the molecule is COc1ccc(C[NH+]2CC[NH+](CC(=O)NC3(C#N)CCCC3)CC2)cc1. The maximum Gasteiger partial charge on any atom is 0.276 e.